The number of nitrogens with zero attached hydrogens (tertiary/aromatic N) is 4. The monoisotopic (exact) mass is 610 g/mol. The Morgan fingerprint density at radius 2 is 1.10 bits per heavy atom. The van der Waals surface area contributed by atoms with Crippen molar-refractivity contribution in [1.82, 2.24) is 9.13 Å². The molecule has 0 spiro atoms. The van der Waals surface area contributed by atoms with Gasteiger partial charge in [-0.2, -0.15) is 5.26 Å². The van der Waals surface area contributed by atoms with Crippen molar-refractivity contribution in [3.8, 4) is 39.7 Å². The van der Waals surface area contributed by atoms with Crippen LogP contribution in [0.4, 0.5) is 5.69 Å². The van der Waals surface area contributed by atoms with E-state index in [0.717, 1.165) is 66.5 Å². The zero-order valence-corrected chi connectivity index (χ0v) is 25.8. The molecule has 48 heavy (non-hydrogen) atoms. The molecule has 4 heteroatoms. The molecule has 2 aromatic heterocycles. The lowest BCUT2D eigenvalue weighted by Gasteiger charge is -2.15. The number of hydrogen-bond donors (Lipinski definition) is 0. The first kappa shape index (κ1) is 27.4. The Labute approximate surface area is 277 Å². The van der Waals surface area contributed by atoms with E-state index in [1.807, 2.05) is 36.4 Å². The second-order valence-corrected chi connectivity index (χ2v) is 12.0. The van der Waals surface area contributed by atoms with Gasteiger partial charge < -0.3 is 9.13 Å². The van der Waals surface area contributed by atoms with Crippen molar-refractivity contribution in [2.24, 2.45) is 0 Å². The van der Waals surface area contributed by atoms with E-state index < -0.39 is 0 Å². The summed E-state index contributed by atoms with van der Waals surface area (Å²) in [6, 6.07) is 56.7. The molecule has 0 N–H and O–H groups in total. The quantitative estimate of drug-likeness (QED) is 0.183. The lowest BCUT2D eigenvalue weighted by Crippen LogP contribution is -1.98. The van der Waals surface area contributed by atoms with Gasteiger partial charge in [0.15, 0.2) is 5.69 Å². The molecule has 0 radical (unpaired) electrons. The standard InChI is InChI=1S/C44H26N4/c1-46-38-15-9-19-43-44(38)36-14-4-7-18-41(36)47(43)33-11-8-10-32(27-33)30-21-23-31(24-22-30)37-26-29(28-45)20-25-42(37)48-39-16-5-2-12-34(39)35-13-3-6-17-40(35)48/h2-27H. The van der Waals surface area contributed by atoms with Crippen molar-refractivity contribution in [2.45, 2.75) is 0 Å². The summed E-state index contributed by atoms with van der Waals surface area (Å²) in [5.74, 6) is 0. The molecule has 0 aliphatic rings. The first-order chi connectivity index (χ1) is 23.7. The first-order valence-corrected chi connectivity index (χ1v) is 15.9. The highest BCUT2D eigenvalue weighted by atomic mass is 15.0. The molecule has 2 heterocycles. The Kier molecular flexibility index (Phi) is 6.22. The zero-order chi connectivity index (χ0) is 32.2. The van der Waals surface area contributed by atoms with E-state index >= 15 is 0 Å². The molecule has 222 valence electrons. The highest BCUT2D eigenvalue weighted by Gasteiger charge is 2.17. The predicted molar refractivity (Wildman–Crippen MR) is 197 cm³/mol. The second-order valence-electron chi connectivity index (χ2n) is 12.0. The van der Waals surface area contributed by atoms with Crippen molar-refractivity contribution in [1.29, 1.82) is 5.26 Å². The molecule has 0 atom stereocenters. The highest BCUT2D eigenvalue weighted by molar-refractivity contribution is 6.15. The van der Waals surface area contributed by atoms with Crippen molar-refractivity contribution in [2.75, 3.05) is 0 Å². The van der Waals surface area contributed by atoms with Crippen molar-refractivity contribution < 1.29 is 0 Å². The fourth-order valence-electron chi connectivity index (χ4n) is 7.25. The van der Waals surface area contributed by atoms with Gasteiger partial charge in [0.2, 0.25) is 0 Å². The van der Waals surface area contributed by atoms with Gasteiger partial charge in [-0.25, -0.2) is 4.85 Å². The lowest BCUT2D eigenvalue weighted by atomic mass is 9.97. The van der Waals surface area contributed by atoms with E-state index in [1.54, 1.807) is 0 Å². The van der Waals surface area contributed by atoms with E-state index in [2.05, 4.69) is 141 Å². The molecular formula is C44H26N4. The number of rotatable bonds is 4. The third-order valence-electron chi connectivity index (χ3n) is 9.38. The molecule has 0 unspecified atom stereocenters. The minimum atomic E-state index is 0.624. The summed E-state index contributed by atoms with van der Waals surface area (Å²) < 4.78 is 4.56. The maximum atomic E-state index is 9.86. The van der Waals surface area contributed by atoms with E-state index in [-0.39, 0.29) is 0 Å². The molecule has 0 saturated carbocycles. The summed E-state index contributed by atoms with van der Waals surface area (Å²) in [6.45, 7) is 7.79. The van der Waals surface area contributed by atoms with Crippen LogP contribution in [0.5, 0.6) is 0 Å². The third-order valence-corrected chi connectivity index (χ3v) is 9.38. The summed E-state index contributed by atoms with van der Waals surface area (Å²) in [5.41, 5.74) is 12.0. The largest absolute Gasteiger partial charge is 0.311 e. The Bertz CT molecular complexity index is 2750. The maximum absolute atomic E-state index is 9.86. The number of hydrogen-bond acceptors (Lipinski definition) is 1. The van der Waals surface area contributed by atoms with Gasteiger partial charge in [0, 0.05) is 32.9 Å². The van der Waals surface area contributed by atoms with Crippen molar-refractivity contribution in [3.05, 3.63) is 175 Å². The van der Waals surface area contributed by atoms with E-state index in [4.69, 9.17) is 6.57 Å². The Morgan fingerprint density at radius 1 is 0.500 bits per heavy atom. The van der Waals surface area contributed by atoms with Crippen LogP contribution in [0, 0.1) is 17.9 Å². The van der Waals surface area contributed by atoms with Gasteiger partial charge in [-0.3, -0.25) is 0 Å². The third kappa shape index (κ3) is 4.14. The molecule has 4 nitrogen and oxygen atoms in total. The average Bonchev–Trinajstić information content (AvgIpc) is 3.68. The highest BCUT2D eigenvalue weighted by Crippen LogP contribution is 2.40. The summed E-state index contributed by atoms with van der Waals surface area (Å²) in [5, 5.41) is 14.3. The van der Waals surface area contributed by atoms with Crippen LogP contribution in [0.1, 0.15) is 5.56 Å². The number of benzene rings is 7. The molecule has 0 amide bonds. The van der Waals surface area contributed by atoms with E-state index in [1.165, 1.54) is 10.8 Å². The van der Waals surface area contributed by atoms with Gasteiger partial charge in [-0.05, 0) is 76.7 Å². The smallest absolute Gasteiger partial charge is 0.197 e. The zero-order valence-electron chi connectivity index (χ0n) is 25.8. The van der Waals surface area contributed by atoms with Crippen molar-refractivity contribution >= 4 is 49.3 Å². The molecular weight excluding hydrogens is 585 g/mol. The molecule has 0 fully saturated rings. The normalized spacial score (nSPS) is 11.3. The van der Waals surface area contributed by atoms with E-state index in [0.29, 0.717) is 11.3 Å². The van der Waals surface area contributed by atoms with Gasteiger partial charge in [-0.1, -0.05) is 103 Å². The maximum Gasteiger partial charge on any atom is 0.197 e. The van der Waals surface area contributed by atoms with Crippen LogP contribution in [0.15, 0.2) is 158 Å². The Hall–Kier alpha value is -6.88. The van der Waals surface area contributed by atoms with Gasteiger partial charge in [0.25, 0.3) is 0 Å². The predicted octanol–water partition coefficient (Wildman–Crippen LogP) is 11.6. The molecule has 9 rings (SSSR count). The fourth-order valence-corrected chi connectivity index (χ4v) is 7.25. The summed E-state index contributed by atoms with van der Waals surface area (Å²) in [4.78, 5) is 3.83. The number of nitriles is 1. The van der Waals surface area contributed by atoms with Crippen LogP contribution in [0.3, 0.4) is 0 Å². The Morgan fingerprint density at radius 3 is 1.79 bits per heavy atom. The fraction of sp³-hybridized carbons (Fsp3) is 0. The SMILES string of the molecule is [C-]#[N+]c1cccc2c1c1ccccc1n2-c1cccc(-c2ccc(-c3cc(C#N)ccc3-n3c4ccccc4c4ccccc43)cc2)c1. The van der Waals surface area contributed by atoms with Crippen LogP contribution in [0.2, 0.25) is 0 Å². The van der Waals surface area contributed by atoms with Gasteiger partial charge in [0.1, 0.15) is 0 Å². The Balaban J connectivity index is 1.17. The van der Waals surface area contributed by atoms with Gasteiger partial charge >= 0.3 is 0 Å². The molecule has 9 aromatic rings. The molecule has 0 saturated heterocycles. The minimum Gasteiger partial charge on any atom is -0.311 e. The van der Waals surface area contributed by atoms with Crippen LogP contribution in [-0.2, 0) is 0 Å². The van der Waals surface area contributed by atoms with Crippen LogP contribution in [0.25, 0.3) is 82.1 Å². The second kappa shape index (κ2) is 10.9. The number of para-hydroxylation sites is 3. The average molecular weight is 611 g/mol. The summed E-state index contributed by atoms with van der Waals surface area (Å²) in [7, 11) is 0. The van der Waals surface area contributed by atoms with Gasteiger partial charge in [0.05, 0.1) is 40.4 Å². The molecule has 7 aromatic carbocycles. The first-order valence-electron chi connectivity index (χ1n) is 15.9. The number of fused-ring (bicyclic) bond motifs is 6. The molecule has 0 bridgehead atoms. The van der Waals surface area contributed by atoms with E-state index in [9.17, 15) is 5.26 Å². The van der Waals surface area contributed by atoms with Crippen LogP contribution >= 0.6 is 0 Å². The topological polar surface area (TPSA) is 38.0 Å². The number of aromatic nitrogens is 2. The summed E-state index contributed by atoms with van der Waals surface area (Å²) >= 11 is 0. The van der Waals surface area contributed by atoms with Gasteiger partial charge in [-0.15, -0.1) is 0 Å². The lowest BCUT2D eigenvalue weighted by molar-refractivity contribution is 1.18. The minimum absolute atomic E-state index is 0.624. The molecule has 0 aliphatic carbocycles. The molecule has 0 aliphatic heterocycles. The summed E-state index contributed by atoms with van der Waals surface area (Å²) in [6.07, 6.45) is 0. The van der Waals surface area contributed by atoms with Crippen molar-refractivity contribution in [3.63, 3.8) is 0 Å². The van der Waals surface area contributed by atoms with Crippen LogP contribution in [-0.4, -0.2) is 9.13 Å². The van der Waals surface area contributed by atoms with Crippen LogP contribution < -0.4 is 0 Å².